The van der Waals surface area contributed by atoms with Crippen molar-refractivity contribution in [1.82, 2.24) is 5.32 Å². The van der Waals surface area contributed by atoms with Gasteiger partial charge in [-0.05, 0) is 31.0 Å². The minimum Gasteiger partial charge on any atom is -0.497 e. The molecule has 0 aliphatic rings. The second-order valence-electron chi connectivity index (χ2n) is 3.89. The van der Waals surface area contributed by atoms with Crippen LogP contribution in [-0.4, -0.2) is 24.7 Å². The predicted molar refractivity (Wildman–Crippen MR) is 65.9 cm³/mol. The molecule has 0 fully saturated rings. The molecule has 2 N–H and O–H groups in total. The van der Waals surface area contributed by atoms with E-state index in [1.807, 2.05) is 31.2 Å². The van der Waals surface area contributed by atoms with Crippen molar-refractivity contribution >= 4 is 5.91 Å². The number of benzene rings is 1. The van der Waals surface area contributed by atoms with E-state index >= 15 is 0 Å². The van der Waals surface area contributed by atoms with E-state index in [0.29, 0.717) is 12.8 Å². The van der Waals surface area contributed by atoms with Crippen LogP contribution in [-0.2, 0) is 4.79 Å². The molecule has 1 rings (SSSR count). The maximum Gasteiger partial charge on any atom is 0.220 e. The van der Waals surface area contributed by atoms with Crippen LogP contribution in [0.15, 0.2) is 24.3 Å². The number of amides is 1. The topological polar surface area (TPSA) is 58.6 Å². The van der Waals surface area contributed by atoms with Crippen molar-refractivity contribution in [3.63, 3.8) is 0 Å². The van der Waals surface area contributed by atoms with E-state index in [1.54, 1.807) is 7.11 Å². The molecule has 0 spiro atoms. The lowest BCUT2D eigenvalue weighted by Crippen LogP contribution is -2.26. The average Bonchev–Trinajstić information content (AvgIpc) is 2.36. The third kappa shape index (κ3) is 4.44. The zero-order valence-electron chi connectivity index (χ0n) is 10.3. The number of ether oxygens (including phenoxy) is 1. The standard InChI is InChI=1S/C13H19NO3/c1-10(14-13(16)4-3-9-15)11-5-7-12(17-2)8-6-11/h5-8,10,15H,3-4,9H2,1-2H3,(H,14,16)/t10-/m1/s1. The Morgan fingerprint density at radius 2 is 2.06 bits per heavy atom. The second-order valence-corrected chi connectivity index (χ2v) is 3.89. The Morgan fingerprint density at radius 3 is 2.59 bits per heavy atom. The van der Waals surface area contributed by atoms with Crippen LogP contribution >= 0.6 is 0 Å². The van der Waals surface area contributed by atoms with Crippen molar-refractivity contribution in [2.45, 2.75) is 25.8 Å². The summed E-state index contributed by atoms with van der Waals surface area (Å²) in [6, 6.07) is 7.55. The van der Waals surface area contributed by atoms with Crippen LogP contribution in [0.2, 0.25) is 0 Å². The van der Waals surface area contributed by atoms with Gasteiger partial charge in [0.05, 0.1) is 13.2 Å². The molecule has 4 nitrogen and oxygen atoms in total. The predicted octanol–water partition coefficient (Wildman–Crippen LogP) is 1.64. The minimum absolute atomic E-state index is 0.0351. The number of hydrogen-bond acceptors (Lipinski definition) is 3. The maximum absolute atomic E-state index is 11.5. The zero-order chi connectivity index (χ0) is 12.7. The molecule has 0 radical (unpaired) electrons. The molecule has 0 heterocycles. The molecule has 1 atom stereocenters. The van der Waals surface area contributed by atoms with Gasteiger partial charge in [-0.2, -0.15) is 0 Å². The van der Waals surface area contributed by atoms with E-state index < -0.39 is 0 Å². The van der Waals surface area contributed by atoms with Crippen molar-refractivity contribution in [2.24, 2.45) is 0 Å². The van der Waals surface area contributed by atoms with E-state index in [1.165, 1.54) is 0 Å². The maximum atomic E-state index is 11.5. The van der Waals surface area contributed by atoms with Crippen LogP contribution in [0.5, 0.6) is 5.75 Å². The molecule has 0 bridgehead atoms. The molecule has 0 unspecified atom stereocenters. The Bertz CT molecular complexity index is 348. The Hall–Kier alpha value is -1.55. The molecule has 1 aromatic rings. The van der Waals surface area contributed by atoms with Crippen LogP contribution in [0, 0.1) is 0 Å². The second kappa shape index (κ2) is 6.91. The molecule has 94 valence electrons. The Balaban J connectivity index is 2.51. The number of carbonyl (C=O) groups is 1. The lowest BCUT2D eigenvalue weighted by Gasteiger charge is -2.14. The summed E-state index contributed by atoms with van der Waals surface area (Å²) in [5.41, 5.74) is 1.03. The van der Waals surface area contributed by atoms with Crippen LogP contribution in [0.1, 0.15) is 31.4 Å². The number of hydrogen-bond donors (Lipinski definition) is 2. The summed E-state index contributed by atoms with van der Waals surface area (Å²) in [4.78, 5) is 11.5. The number of nitrogens with one attached hydrogen (secondary N) is 1. The highest BCUT2D eigenvalue weighted by molar-refractivity contribution is 5.76. The number of carbonyl (C=O) groups excluding carboxylic acids is 1. The van der Waals surface area contributed by atoms with Crippen molar-refractivity contribution in [3.8, 4) is 5.75 Å². The lowest BCUT2D eigenvalue weighted by atomic mass is 10.1. The minimum atomic E-state index is -0.0395. The first-order valence-corrected chi connectivity index (χ1v) is 5.71. The van der Waals surface area contributed by atoms with Crippen molar-refractivity contribution in [2.75, 3.05) is 13.7 Å². The first-order valence-electron chi connectivity index (χ1n) is 5.71. The van der Waals surface area contributed by atoms with Crippen molar-refractivity contribution < 1.29 is 14.6 Å². The van der Waals surface area contributed by atoms with Crippen LogP contribution in [0.4, 0.5) is 0 Å². The Labute approximate surface area is 102 Å². The summed E-state index contributed by atoms with van der Waals surface area (Å²) in [5, 5.41) is 11.5. The van der Waals surface area contributed by atoms with Gasteiger partial charge in [0.1, 0.15) is 5.75 Å². The SMILES string of the molecule is COc1ccc([C@@H](C)NC(=O)CCCO)cc1. The van der Waals surface area contributed by atoms with Crippen LogP contribution in [0.25, 0.3) is 0 Å². The zero-order valence-corrected chi connectivity index (χ0v) is 10.3. The highest BCUT2D eigenvalue weighted by Crippen LogP contribution is 2.17. The summed E-state index contributed by atoms with van der Waals surface area (Å²) in [7, 11) is 1.62. The van der Waals surface area contributed by atoms with Gasteiger partial charge in [0.25, 0.3) is 0 Å². The van der Waals surface area contributed by atoms with Gasteiger partial charge in [0, 0.05) is 13.0 Å². The van der Waals surface area contributed by atoms with Crippen LogP contribution in [0.3, 0.4) is 0 Å². The number of methoxy groups -OCH3 is 1. The van der Waals surface area contributed by atoms with E-state index in [0.717, 1.165) is 11.3 Å². The van der Waals surface area contributed by atoms with Gasteiger partial charge in [-0.25, -0.2) is 0 Å². The summed E-state index contributed by atoms with van der Waals surface area (Å²) in [6.45, 7) is 1.98. The smallest absolute Gasteiger partial charge is 0.220 e. The summed E-state index contributed by atoms with van der Waals surface area (Å²) < 4.78 is 5.07. The molecule has 0 saturated heterocycles. The van der Waals surface area contributed by atoms with E-state index in [9.17, 15) is 4.79 Å². The molecule has 17 heavy (non-hydrogen) atoms. The van der Waals surface area contributed by atoms with E-state index in [-0.39, 0.29) is 18.6 Å². The van der Waals surface area contributed by atoms with Gasteiger partial charge in [-0.3, -0.25) is 4.79 Å². The third-order valence-electron chi connectivity index (χ3n) is 2.56. The summed E-state index contributed by atoms with van der Waals surface area (Å²) in [5.74, 6) is 0.759. The number of rotatable bonds is 6. The molecule has 1 amide bonds. The molecule has 0 aliphatic heterocycles. The molecule has 0 saturated carbocycles. The highest BCUT2D eigenvalue weighted by Gasteiger charge is 2.08. The van der Waals surface area contributed by atoms with Gasteiger partial charge in [-0.15, -0.1) is 0 Å². The van der Waals surface area contributed by atoms with Crippen molar-refractivity contribution in [1.29, 1.82) is 0 Å². The lowest BCUT2D eigenvalue weighted by molar-refractivity contribution is -0.122. The van der Waals surface area contributed by atoms with Gasteiger partial charge in [-0.1, -0.05) is 12.1 Å². The highest BCUT2D eigenvalue weighted by atomic mass is 16.5. The Morgan fingerprint density at radius 1 is 1.41 bits per heavy atom. The molecular weight excluding hydrogens is 218 g/mol. The Kier molecular flexibility index (Phi) is 5.49. The summed E-state index contributed by atoms with van der Waals surface area (Å²) >= 11 is 0. The average molecular weight is 237 g/mol. The van der Waals surface area contributed by atoms with Gasteiger partial charge in [0.15, 0.2) is 0 Å². The number of aliphatic hydroxyl groups excluding tert-OH is 1. The van der Waals surface area contributed by atoms with Gasteiger partial charge in [0.2, 0.25) is 5.91 Å². The molecule has 1 aromatic carbocycles. The normalized spacial score (nSPS) is 11.9. The van der Waals surface area contributed by atoms with Gasteiger partial charge >= 0.3 is 0 Å². The monoisotopic (exact) mass is 237 g/mol. The fourth-order valence-corrected chi connectivity index (χ4v) is 1.53. The molecule has 0 aromatic heterocycles. The largest absolute Gasteiger partial charge is 0.497 e. The molecule has 4 heteroatoms. The van der Waals surface area contributed by atoms with Crippen LogP contribution < -0.4 is 10.1 Å². The molecular formula is C13H19NO3. The fraction of sp³-hybridized carbons (Fsp3) is 0.462. The third-order valence-corrected chi connectivity index (χ3v) is 2.56. The first-order chi connectivity index (χ1) is 8.17. The quantitative estimate of drug-likeness (QED) is 0.791. The first kappa shape index (κ1) is 13.5. The molecule has 0 aliphatic carbocycles. The summed E-state index contributed by atoms with van der Waals surface area (Å²) in [6.07, 6.45) is 0.859. The van der Waals surface area contributed by atoms with E-state index in [4.69, 9.17) is 9.84 Å². The fourth-order valence-electron chi connectivity index (χ4n) is 1.53. The van der Waals surface area contributed by atoms with Crippen molar-refractivity contribution in [3.05, 3.63) is 29.8 Å². The van der Waals surface area contributed by atoms with Gasteiger partial charge < -0.3 is 15.2 Å². The van der Waals surface area contributed by atoms with E-state index in [2.05, 4.69) is 5.32 Å². The number of aliphatic hydroxyl groups is 1.